The lowest BCUT2D eigenvalue weighted by molar-refractivity contribution is -0.137. The summed E-state index contributed by atoms with van der Waals surface area (Å²) in [6, 6.07) is 11.4. The van der Waals surface area contributed by atoms with E-state index in [4.69, 9.17) is 0 Å². The number of carbonyl (C=O) groups is 1. The van der Waals surface area contributed by atoms with Crippen molar-refractivity contribution in [2.75, 3.05) is 26.7 Å². The first-order valence-electron chi connectivity index (χ1n) is 10.4. The Balaban J connectivity index is 1.62. The molecule has 0 atom stereocenters. The van der Waals surface area contributed by atoms with Crippen LogP contribution in [0.1, 0.15) is 35.4 Å². The molecule has 1 aliphatic rings. The summed E-state index contributed by atoms with van der Waals surface area (Å²) in [6.07, 6.45) is -1.01. The van der Waals surface area contributed by atoms with Gasteiger partial charge in [-0.2, -0.15) is 13.2 Å². The van der Waals surface area contributed by atoms with Crippen LogP contribution in [0.5, 0.6) is 0 Å². The number of amides is 1. The van der Waals surface area contributed by atoms with Crippen molar-refractivity contribution in [2.45, 2.75) is 31.4 Å². The number of rotatable bonds is 4. The molecule has 0 bridgehead atoms. The third-order valence-electron chi connectivity index (χ3n) is 5.92. The molecule has 2 heterocycles. The van der Waals surface area contributed by atoms with Gasteiger partial charge in [-0.25, -0.2) is 9.78 Å². The number of imidazole rings is 1. The number of likely N-dealkylation sites (tertiary alicyclic amines) is 1. The maximum absolute atomic E-state index is 13.6. The summed E-state index contributed by atoms with van der Waals surface area (Å²) in [7, 11) is 2.01. The van der Waals surface area contributed by atoms with Gasteiger partial charge in [0.1, 0.15) is 6.33 Å². The topological polar surface area (TPSA) is 50.2 Å². The molecular weight excluding hydrogens is 405 g/mol. The lowest BCUT2D eigenvalue weighted by atomic mass is 9.87. The van der Waals surface area contributed by atoms with Gasteiger partial charge in [-0.3, -0.25) is 4.57 Å². The summed E-state index contributed by atoms with van der Waals surface area (Å²) in [6.45, 7) is 2.02. The Kier molecular flexibility index (Phi) is 6.00. The molecule has 164 valence electrons. The molecule has 1 aromatic heterocycles. The zero-order valence-electron chi connectivity index (χ0n) is 17.3. The Morgan fingerprint density at radius 1 is 1.16 bits per heavy atom. The zero-order chi connectivity index (χ0) is 22.0. The van der Waals surface area contributed by atoms with E-state index in [9.17, 15) is 18.0 Å². The molecule has 0 radical (unpaired) electrons. The minimum absolute atomic E-state index is 0.00880. The van der Waals surface area contributed by atoms with Crippen LogP contribution in [0, 0.1) is 0 Å². The van der Waals surface area contributed by atoms with Crippen molar-refractivity contribution in [1.29, 1.82) is 0 Å². The van der Waals surface area contributed by atoms with Gasteiger partial charge >= 0.3 is 12.2 Å². The van der Waals surface area contributed by atoms with Crippen molar-refractivity contribution in [2.24, 2.45) is 0 Å². The summed E-state index contributed by atoms with van der Waals surface area (Å²) >= 11 is 0. The molecule has 0 saturated carbocycles. The fourth-order valence-corrected chi connectivity index (χ4v) is 4.14. The van der Waals surface area contributed by atoms with E-state index in [-0.39, 0.29) is 11.4 Å². The summed E-state index contributed by atoms with van der Waals surface area (Å²) < 4.78 is 42.0. The maximum Gasteiger partial charge on any atom is 0.416 e. The molecule has 1 fully saturated rings. The molecule has 0 unspecified atom stereocenters. The van der Waals surface area contributed by atoms with E-state index < -0.39 is 17.8 Å². The van der Waals surface area contributed by atoms with Crippen LogP contribution >= 0.6 is 0 Å². The number of nitrogens with one attached hydrogen (secondary N) is 1. The third kappa shape index (κ3) is 4.74. The highest BCUT2D eigenvalue weighted by Gasteiger charge is 2.34. The number of aromatic nitrogens is 2. The minimum Gasteiger partial charge on any atom is -0.337 e. The van der Waals surface area contributed by atoms with Crippen LogP contribution in [0.25, 0.3) is 11.0 Å². The van der Waals surface area contributed by atoms with Gasteiger partial charge in [0.05, 0.1) is 16.6 Å². The number of alkyl halides is 3. The molecule has 8 heteroatoms. The molecule has 1 saturated heterocycles. The van der Waals surface area contributed by atoms with Gasteiger partial charge < -0.3 is 10.2 Å². The number of halogens is 3. The third-order valence-corrected chi connectivity index (χ3v) is 5.92. The van der Waals surface area contributed by atoms with Crippen LogP contribution in [0.2, 0.25) is 0 Å². The number of benzene rings is 2. The zero-order valence-corrected chi connectivity index (χ0v) is 17.3. The highest BCUT2D eigenvalue weighted by molar-refractivity contribution is 5.91. The van der Waals surface area contributed by atoms with Crippen LogP contribution in [0.15, 0.2) is 48.8 Å². The number of piperidine rings is 1. The van der Waals surface area contributed by atoms with E-state index >= 15 is 0 Å². The van der Waals surface area contributed by atoms with Crippen molar-refractivity contribution >= 4 is 17.1 Å². The van der Waals surface area contributed by atoms with Crippen molar-refractivity contribution < 1.29 is 18.0 Å². The molecular formula is C23H25F3N4O. The summed E-state index contributed by atoms with van der Waals surface area (Å²) in [4.78, 5) is 19.2. The van der Waals surface area contributed by atoms with Crippen LogP contribution in [-0.4, -0.2) is 47.2 Å². The second-order valence-corrected chi connectivity index (χ2v) is 8.09. The van der Waals surface area contributed by atoms with E-state index in [1.54, 1.807) is 0 Å². The van der Waals surface area contributed by atoms with Gasteiger partial charge in [0.2, 0.25) is 0 Å². The number of nitrogens with zero attached hydrogens (tertiary/aromatic N) is 3. The van der Waals surface area contributed by atoms with Gasteiger partial charge in [0.25, 0.3) is 0 Å². The van der Waals surface area contributed by atoms with E-state index in [0.29, 0.717) is 24.0 Å². The monoisotopic (exact) mass is 430 g/mol. The molecule has 0 aliphatic carbocycles. The Hall–Kier alpha value is -2.87. The molecule has 1 amide bonds. The summed E-state index contributed by atoms with van der Waals surface area (Å²) in [5, 5.41) is 2.78. The number of carbonyl (C=O) groups excluding carboxylic acids is 1. The molecule has 4 rings (SSSR count). The van der Waals surface area contributed by atoms with Gasteiger partial charge in [-0.1, -0.05) is 30.3 Å². The maximum atomic E-state index is 13.6. The standard InChI is InChI=1S/C23H25F3N4O/c1-29-11-8-17(9-12-29)19-13-18(23(24,25)26)14-20-21(19)28-15-30(20)22(31)27-10-7-16-5-3-2-4-6-16/h2-6,13-15,17H,7-12H2,1H3,(H,27,31). The Labute approximate surface area is 178 Å². The fraction of sp³-hybridized carbons (Fsp3) is 0.391. The Morgan fingerprint density at radius 3 is 2.55 bits per heavy atom. The fourth-order valence-electron chi connectivity index (χ4n) is 4.14. The normalized spacial score (nSPS) is 16.0. The van der Waals surface area contributed by atoms with E-state index in [1.165, 1.54) is 17.0 Å². The number of hydrogen-bond acceptors (Lipinski definition) is 3. The predicted octanol–water partition coefficient (Wildman–Crippen LogP) is 4.66. The largest absolute Gasteiger partial charge is 0.416 e. The summed E-state index contributed by atoms with van der Waals surface area (Å²) in [5.74, 6) is -0.00880. The quantitative estimate of drug-likeness (QED) is 0.655. The first-order valence-corrected chi connectivity index (χ1v) is 10.4. The van der Waals surface area contributed by atoms with E-state index in [0.717, 1.165) is 37.6 Å². The van der Waals surface area contributed by atoms with E-state index in [2.05, 4.69) is 15.2 Å². The Bertz CT molecular complexity index is 1050. The lowest BCUT2D eigenvalue weighted by Crippen LogP contribution is -2.30. The second kappa shape index (κ2) is 8.70. The molecule has 2 aromatic carbocycles. The Morgan fingerprint density at radius 2 is 1.87 bits per heavy atom. The van der Waals surface area contributed by atoms with Crippen LogP contribution < -0.4 is 5.32 Å². The van der Waals surface area contributed by atoms with Crippen molar-refractivity contribution in [1.82, 2.24) is 19.8 Å². The van der Waals surface area contributed by atoms with E-state index in [1.807, 2.05) is 37.4 Å². The average molecular weight is 430 g/mol. The molecule has 1 aliphatic heterocycles. The first kappa shape index (κ1) is 21.4. The molecule has 3 aromatic rings. The minimum atomic E-state index is -4.49. The smallest absolute Gasteiger partial charge is 0.337 e. The van der Waals surface area contributed by atoms with Gasteiger partial charge in [-0.05, 0) is 68.6 Å². The second-order valence-electron chi connectivity index (χ2n) is 8.09. The number of hydrogen-bond donors (Lipinski definition) is 1. The SMILES string of the molecule is CN1CCC(c2cc(C(F)(F)F)cc3c2ncn3C(=O)NCCc2ccccc2)CC1. The number of fused-ring (bicyclic) bond motifs is 1. The molecule has 31 heavy (non-hydrogen) atoms. The van der Waals surface area contributed by atoms with Crippen LogP contribution in [0.3, 0.4) is 0 Å². The highest BCUT2D eigenvalue weighted by Crippen LogP contribution is 2.38. The molecule has 0 spiro atoms. The molecule has 5 nitrogen and oxygen atoms in total. The predicted molar refractivity (Wildman–Crippen MR) is 113 cm³/mol. The van der Waals surface area contributed by atoms with Gasteiger partial charge in [0.15, 0.2) is 0 Å². The highest BCUT2D eigenvalue weighted by atomic mass is 19.4. The summed E-state index contributed by atoms with van der Waals surface area (Å²) in [5.41, 5.74) is 1.57. The van der Waals surface area contributed by atoms with Crippen LogP contribution in [0.4, 0.5) is 18.0 Å². The van der Waals surface area contributed by atoms with Crippen molar-refractivity contribution in [3.05, 3.63) is 65.5 Å². The van der Waals surface area contributed by atoms with Crippen molar-refractivity contribution in [3.63, 3.8) is 0 Å². The average Bonchev–Trinajstić information content (AvgIpc) is 3.18. The first-order chi connectivity index (χ1) is 14.8. The van der Waals surface area contributed by atoms with Crippen molar-refractivity contribution in [3.8, 4) is 0 Å². The lowest BCUT2D eigenvalue weighted by Gasteiger charge is -2.29. The van der Waals surface area contributed by atoms with Gasteiger partial charge in [-0.15, -0.1) is 0 Å². The van der Waals surface area contributed by atoms with Gasteiger partial charge in [0, 0.05) is 6.54 Å². The van der Waals surface area contributed by atoms with Crippen LogP contribution in [-0.2, 0) is 12.6 Å². The molecule has 1 N–H and O–H groups in total.